The first kappa shape index (κ1) is 13.4. The molecule has 0 fully saturated rings. The zero-order valence-corrected chi connectivity index (χ0v) is 11.1. The van der Waals surface area contributed by atoms with Crippen LogP contribution in [0.25, 0.3) is 0 Å². The lowest BCUT2D eigenvalue weighted by Gasteiger charge is -2.12. The van der Waals surface area contributed by atoms with Crippen molar-refractivity contribution in [1.29, 1.82) is 0 Å². The lowest BCUT2D eigenvalue weighted by molar-refractivity contribution is 0.282. The zero-order chi connectivity index (χ0) is 13.8. The average Bonchev–Trinajstić information content (AvgIpc) is 2.41. The van der Waals surface area contributed by atoms with Gasteiger partial charge in [-0.3, -0.25) is 4.98 Å². The van der Waals surface area contributed by atoms with E-state index in [1.54, 1.807) is 24.5 Å². The molecule has 0 aliphatic carbocycles. The fourth-order valence-electron chi connectivity index (χ4n) is 1.91. The summed E-state index contributed by atoms with van der Waals surface area (Å²) in [6.45, 7) is 4.44. The van der Waals surface area contributed by atoms with Crippen LogP contribution in [-0.2, 0) is 13.2 Å². The van der Waals surface area contributed by atoms with Gasteiger partial charge in [0.05, 0.1) is 18.5 Å². The largest absolute Gasteiger partial charge is 0.508 e. The van der Waals surface area contributed by atoms with E-state index in [1.165, 1.54) is 0 Å². The molecule has 0 saturated carbocycles. The van der Waals surface area contributed by atoms with E-state index in [9.17, 15) is 10.2 Å². The number of aliphatic hydroxyl groups excluding tert-OH is 1. The minimum Gasteiger partial charge on any atom is -0.508 e. The molecule has 2 rings (SSSR count). The maximum absolute atomic E-state index is 9.92. The first-order chi connectivity index (χ1) is 9.11. The predicted molar refractivity (Wildman–Crippen MR) is 75.1 cm³/mol. The molecule has 4 nitrogen and oxygen atoms in total. The van der Waals surface area contributed by atoms with E-state index in [0.29, 0.717) is 6.54 Å². The van der Waals surface area contributed by atoms with E-state index >= 15 is 0 Å². The molecule has 0 aliphatic rings. The zero-order valence-electron chi connectivity index (χ0n) is 11.1. The standard InChI is InChI=1S/C15H18N2O2/c1-10-5-13(15(19)6-11(10)2)7-17-14-8-16-4-3-12(14)9-18/h3-6,8,17-19H,7,9H2,1-2H3. The minimum atomic E-state index is -0.0379. The average molecular weight is 258 g/mol. The topological polar surface area (TPSA) is 65.4 Å². The van der Waals surface area contributed by atoms with Crippen LogP contribution in [0.2, 0.25) is 0 Å². The van der Waals surface area contributed by atoms with Gasteiger partial charge in [0.25, 0.3) is 0 Å². The molecule has 0 atom stereocenters. The molecule has 1 aromatic carbocycles. The van der Waals surface area contributed by atoms with E-state index in [1.807, 2.05) is 19.9 Å². The summed E-state index contributed by atoms with van der Waals surface area (Å²) in [6, 6.07) is 5.50. The number of nitrogens with zero attached hydrogens (tertiary/aromatic N) is 1. The number of aryl methyl sites for hydroxylation is 2. The number of anilines is 1. The highest BCUT2D eigenvalue weighted by molar-refractivity contribution is 5.50. The number of phenolic OH excluding ortho intramolecular Hbond substituents is 1. The van der Waals surface area contributed by atoms with Gasteiger partial charge in [-0.1, -0.05) is 6.07 Å². The number of pyridine rings is 1. The molecule has 0 aliphatic heterocycles. The van der Waals surface area contributed by atoms with Crippen LogP contribution in [0.15, 0.2) is 30.6 Å². The van der Waals surface area contributed by atoms with Gasteiger partial charge in [0.15, 0.2) is 0 Å². The Kier molecular flexibility index (Phi) is 4.02. The molecule has 4 heteroatoms. The number of hydrogen-bond acceptors (Lipinski definition) is 4. The fraction of sp³-hybridized carbons (Fsp3) is 0.267. The fourth-order valence-corrected chi connectivity index (χ4v) is 1.91. The van der Waals surface area contributed by atoms with Crippen molar-refractivity contribution in [2.75, 3.05) is 5.32 Å². The van der Waals surface area contributed by atoms with E-state index in [0.717, 1.165) is 27.9 Å². The summed E-state index contributed by atoms with van der Waals surface area (Å²) in [6.07, 6.45) is 3.31. The first-order valence-corrected chi connectivity index (χ1v) is 6.18. The van der Waals surface area contributed by atoms with Crippen molar-refractivity contribution >= 4 is 5.69 Å². The van der Waals surface area contributed by atoms with Crippen molar-refractivity contribution in [1.82, 2.24) is 4.98 Å². The molecule has 0 saturated heterocycles. The highest BCUT2D eigenvalue weighted by atomic mass is 16.3. The summed E-state index contributed by atoms with van der Waals surface area (Å²) in [5.41, 5.74) is 4.61. The van der Waals surface area contributed by atoms with Gasteiger partial charge < -0.3 is 15.5 Å². The van der Waals surface area contributed by atoms with Crippen molar-refractivity contribution in [2.24, 2.45) is 0 Å². The highest BCUT2D eigenvalue weighted by Gasteiger charge is 2.06. The van der Waals surface area contributed by atoms with Crippen LogP contribution in [0.3, 0.4) is 0 Å². The Bertz CT molecular complexity index is 582. The van der Waals surface area contributed by atoms with Crippen molar-refractivity contribution in [2.45, 2.75) is 27.0 Å². The second-order valence-corrected chi connectivity index (χ2v) is 4.61. The Balaban J connectivity index is 2.17. The van der Waals surface area contributed by atoms with Crippen LogP contribution in [0.5, 0.6) is 5.75 Å². The molecular weight excluding hydrogens is 240 g/mol. The lowest BCUT2D eigenvalue weighted by Crippen LogP contribution is -2.04. The molecule has 1 heterocycles. The molecule has 3 N–H and O–H groups in total. The summed E-state index contributed by atoms with van der Waals surface area (Å²) in [5, 5.41) is 22.3. The summed E-state index contributed by atoms with van der Waals surface area (Å²) in [4.78, 5) is 4.02. The molecule has 100 valence electrons. The van der Waals surface area contributed by atoms with Crippen molar-refractivity contribution in [3.05, 3.63) is 52.8 Å². The van der Waals surface area contributed by atoms with Gasteiger partial charge >= 0.3 is 0 Å². The predicted octanol–water partition coefficient (Wildman–Crippen LogP) is 2.51. The van der Waals surface area contributed by atoms with Crippen LogP contribution in [-0.4, -0.2) is 15.2 Å². The van der Waals surface area contributed by atoms with Crippen LogP contribution in [0, 0.1) is 13.8 Å². The Morgan fingerprint density at radius 1 is 1.16 bits per heavy atom. The second kappa shape index (κ2) is 5.71. The van der Waals surface area contributed by atoms with Crippen LogP contribution >= 0.6 is 0 Å². The van der Waals surface area contributed by atoms with Crippen LogP contribution in [0.1, 0.15) is 22.3 Å². The number of phenols is 1. The highest BCUT2D eigenvalue weighted by Crippen LogP contribution is 2.23. The number of benzene rings is 1. The Labute approximate surface area is 112 Å². The summed E-state index contributed by atoms with van der Waals surface area (Å²) >= 11 is 0. The van der Waals surface area contributed by atoms with Crippen molar-refractivity contribution in [3.8, 4) is 5.75 Å². The summed E-state index contributed by atoms with van der Waals surface area (Å²) in [7, 11) is 0. The molecule has 0 radical (unpaired) electrons. The molecule has 2 aromatic rings. The van der Waals surface area contributed by atoms with Gasteiger partial charge in [-0.05, 0) is 37.1 Å². The number of aliphatic hydroxyl groups is 1. The molecule has 0 spiro atoms. The summed E-state index contributed by atoms with van der Waals surface area (Å²) < 4.78 is 0. The maximum Gasteiger partial charge on any atom is 0.120 e. The van der Waals surface area contributed by atoms with Crippen molar-refractivity contribution < 1.29 is 10.2 Å². The first-order valence-electron chi connectivity index (χ1n) is 6.18. The quantitative estimate of drug-likeness (QED) is 0.788. The normalized spacial score (nSPS) is 10.5. The van der Waals surface area contributed by atoms with Gasteiger partial charge in [0.1, 0.15) is 5.75 Å². The van der Waals surface area contributed by atoms with Gasteiger partial charge in [0.2, 0.25) is 0 Å². The van der Waals surface area contributed by atoms with Gasteiger partial charge in [-0.15, -0.1) is 0 Å². The smallest absolute Gasteiger partial charge is 0.120 e. The third-order valence-corrected chi connectivity index (χ3v) is 3.25. The van der Waals surface area contributed by atoms with Gasteiger partial charge in [-0.25, -0.2) is 0 Å². The summed E-state index contributed by atoms with van der Waals surface area (Å²) in [5.74, 6) is 0.282. The molecule has 0 amide bonds. The van der Waals surface area contributed by atoms with E-state index in [-0.39, 0.29) is 12.4 Å². The van der Waals surface area contributed by atoms with E-state index < -0.39 is 0 Å². The third-order valence-electron chi connectivity index (χ3n) is 3.25. The molecular formula is C15H18N2O2. The number of hydrogen-bond donors (Lipinski definition) is 3. The van der Waals surface area contributed by atoms with E-state index in [2.05, 4.69) is 10.3 Å². The molecule has 1 aromatic heterocycles. The SMILES string of the molecule is Cc1cc(O)c(CNc2cnccc2CO)cc1C. The molecule has 0 bridgehead atoms. The number of rotatable bonds is 4. The molecule has 0 unspecified atom stereocenters. The van der Waals surface area contributed by atoms with E-state index in [4.69, 9.17) is 0 Å². The number of nitrogens with one attached hydrogen (secondary N) is 1. The Morgan fingerprint density at radius 3 is 2.63 bits per heavy atom. The number of aromatic nitrogens is 1. The number of aromatic hydroxyl groups is 1. The van der Waals surface area contributed by atoms with Crippen molar-refractivity contribution in [3.63, 3.8) is 0 Å². The minimum absolute atomic E-state index is 0.0379. The van der Waals surface area contributed by atoms with Crippen LogP contribution in [0.4, 0.5) is 5.69 Å². The van der Waals surface area contributed by atoms with Gasteiger partial charge in [-0.2, -0.15) is 0 Å². The Morgan fingerprint density at radius 2 is 1.89 bits per heavy atom. The van der Waals surface area contributed by atoms with Gasteiger partial charge in [0, 0.05) is 23.9 Å². The monoisotopic (exact) mass is 258 g/mol. The maximum atomic E-state index is 9.92. The van der Waals surface area contributed by atoms with Crippen LogP contribution < -0.4 is 5.32 Å². The third kappa shape index (κ3) is 3.03. The second-order valence-electron chi connectivity index (χ2n) is 4.61. The molecule has 19 heavy (non-hydrogen) atoms. The Hall–Kier alpha value is -2.07. The lowest BCUT2D eigenvalue weighted by atomic mass is 10.0.